The monoisotopic (exact) mass is 638 g/mol. The van der Waals surface area contributed by atoms with E-state index >= 15 is 0 Å². The van der Waals surface area contributed by atoms with Gasteiger partial charge in [0.2, 0.25) is 0 Å². The maximum absolute atomic E-state index is 12.0. The van der Waals surface area contributed by atoms with Crippen molar-refractivity contribution >= 4 is 41.9 Å². The van der Waals surface area contributed by atoms with Crippen LogP contribution in [0.15, 0.2) is 41.1 Å². The Kier molecular flexibility index (Phi) is 13.4. The summed E-state index contributed by atoms with van der Waals surface area (Å²) >= 11 is 3.61. The van der Waals surface area contributed by atoms with Gasteiger partial charge >= 0.3 is 12.2 Å². The summed E-state index contributed by atoms with van der Waals surface area (Å²) in [6.07, 6.45) is 5.71. The number of aromatic nitrogens is 2. The minimum Gasteiger partial charge on any atom is -0.447 e. The smallest absolute Gasteiger partial charge is 0.411 e. The molecule has 1 aromatic carbocycles. The third-order valence-electron chi connectivity index (χ3n) is 5.35. The predicted octanol–water partition coefficient (Wildman–Crippen LogP) is 6.79. The molecule has 10 nitrogen and oxygen atoms in total. The van der Waals surface area contributed by atoms with Crippen LogP contribution in [0.1, 0.15) is 33.0 Å². The first kappa shape index (κ1) is 33.5. The second-order valence-corrected chi connectivity index (χ2v) is 17.9. The van der Waals surface area contributed by atoms with E-state index in [2.05, 4.69) is 46.2 Å². The Hall–Kier alpha value is -2.67. The first-order valence-electron chi connectivity index (χ1n) is 13.3. The molecule has 0 radical (unpaired) electrons. The van der Waals surface area contributed by atoms with Crippen molar-refractivity contribution in [2.45, 2.75) is 71.6 Å². The lowest BCUT2D eigenvalue weighted by molar-refractivity contribution is 0.0552. The van der Waals surface area contributed by atoms with Gasteiger partial charge in [0.25, 0.3) is 0 Å². The summed E-state index contributed by atoms with van der Waals surface area (Å²) in [6, 6.07) is 6.58. The van der Waals surface area contributed by atoms with Gasteiger partial charge in [-0.3, -0.25) is 10.6 Å². The molecule has 0 aliphatic heterocycles. The van der Waals surface area contributed by atoms with Gasteiger partial charge in [0, 0.05) is 56.3 Å². The van der Waals surface area contributed by atoms with Crippen molar-refractivity contribution in [1.82, 2.24) is 14.9 Å². The zero-order valence-corrected chi connectivity index (χ0v) is 27.2. The minimum atomic E-state index is -1.20. The summed E-state index contributed by atoms with van der Waals surface area (Å²) in [5, 5.41) is 5.33. The number of aryl methyl sites for hydroxylation is 1. The molecule has 2 amide bonds. The van der Waals surface area contributed by atoms with Crippen molar-refractivity contribution in [1.29, 1.82) is 0 Å². The van der Waals surface area contributed by atoms with E-state index in [-0.39, 0.29) is 6.61 Å². The molecule has 12 heteroatoms. The number of nitrogens with one attached hydrogen (secondary N) is 2. The lowest BCUT2D eigenvalue weighted by Gasteiger charge is -2.18. The number of anilines is 1. The standard InChI is InChI=1S/C28H43BrN4O6Si/c1-28(2,3)39-26(34)30-13-9-8-10-25-32-24(19-33(25)20-37-16-17-40(5,6)7)22-12-11-21(18-23(22)29)31-27(35)38-15-14-36-4/h9,11-13,18-19H,8,10,14-17,20H2,1-7H3,(H,30,34)(H,31,35). The quantitative estimate of drug-likeness (QED) is 0.173. The number of imidazole rings is 1. The summed E-state index contributed by atoms with van der Waals surface area (Å²) in [5.74, 6) is 0.862. The third-order valence-corrected chi connectivity index (χ3v) is 7.71. The Morgan fingerprint density at radius 3 is 2.52 bits per heavy atom. The summed E-state index contributed by atoms with van der Waals surface area (Å²) in [7, 11) is 0.345. The normalized spacial score (nSPS) is 12.0. The highest BCUT2D eigenvalue weighted by atomic mass is 79.9. The van der Waals surface area contributed by atoms with Gasteiger partial charge in [-0.2, -0.15) is 0 Å². The van der Waals surface area contributed by atoms with Gasteiger partial charge in [0.15, 0.2) is 0 Å². The average Bonchev–Trinajstić information content (AvgIpc) is 3.22. The summed E-state index contributed by atoms with van der Waals surface area (Å²) in [5.41, 5.74) is 1.70. The van der Waals surface area contributed by atoms with Crippen LogP contribution in [-0.4, -0.2) is 62.3 Å². The molecule has 0 fully saturated rings. The molecular weight excluding hydrogens is 596 g/mol. The van der Waals surface area contributed by atoms with Gasteiger partial charge in [-0.25, -0.2) is 14.6 Å². The molecule has 40 heavy (non-hydrogen) atoms. The highest BCUT2D eigenvalue weighted by molar-refractivity contribution is 9.10. The number of hydrogen-bond acceptors (Lipinski definition) is 7. The fourth-order valence-corrected chi connectivity index (χ4v) is 4.68. The fourth-order valence-electron chi connectivity index (χ4n) is 3.34. The van der Waals surface area contributed by atoms with Crippen LogP contribution >= 0.6 is 15.9 Å². The van der Waals surface area contributed by atoms with E-state index in [1.54, 1.807) is 25.4 Å². The molecular formula is C28H43BrN4O6Si. The largest absolute Gasteiger partial charge is 0.447 e. The molecule has 0 bridgehead atoms. The molecule has 2 N–H and O–H groups in total. The Morgan fingerprint density at radius 2 is 1.88 bits per heavy atom. The number of rotatable bonds is 14. The maximum atomic E-state index is 12.0. The molecule has 0 aliphatic rings. The van der Waals surface area contributed by atoms with Gasteiger partial charge in [-0.05, 0) is 51.4 Å². The molecule has 1 heterocycles. The van der Waals surface area contributed by atoms with E-state index in [4.69, 9.17) is 23.9 Å². The summed E-state index contributed by atoms with van der Waals surface area (Å²) < 4.78 is 24.0. The van der Waals surface area contributed by atoms with Crippen LogP contribution in [0.5, 0.6) is 0 Å². The van der Waals surface area contributed by atoms with Gasteiger partial charge in [-0.15, -0.1) is 0 Å². The number of methoxy groups -OCH3 is 1. The molecule has 222 valence electrons. The average molecular weight is 640 g/mol. The number of allylic oxidation sites excluding steroid dienone is 1. The SMILES string of the molecule is COCCOC(=O)Nc1ccc(-c2cn(COCC[Si](C)(C)C)c(CCC=CNC(=O)OC(C)(C)C)n2)c(Br)c1. The zero-order valence-electron chi connectivity index (χ0n) is 24.6. The topological polar surface area (TPSA) is 113 Å². The van der Waals surface area contributed by atoms with Crippen LogP contribution < -0.4 is 10.6 Å². The van der Waals surface area contributed by atoms with E-state index in [1.165, 1.54) is 0 Å². The van der Waals surface area contributed by atoms with Crippen LogP contribution in [0.3, 0.4) is 0 Å². The maximum Gasteiger partial charge on any atom is 0.411 e. The highest BCUT2D eigenvalue weighted by Crippen LogP contribution is 2.30. The van der Waals surface area contributed by atoms with Crippen LogP contribution in [-0.2, 0) is 32.1 Å². The van der Waals surface area contributed by atoms with Crippen LogP contribution in [0.2, 0.25) is 25.7 Å². The van der Waals surface area contributed by atoms with E-state index < -0.39 is 25.9 Å². The van der Waals surface area contributed by atoms with Crippen LogP contribution in [0, 0.1) is 0 Å². The molecule has 0 saturated carbocycles. The van der Waals surface area contributed by atoms with E-state index in [0.717, 1.165) is 27.6 Å². The molecule has 0 saturated heterocycles. The van der Waals surface area contributed by atoms with Crippen LogP contribution in [0.25, 0.3) is 11.3 Å². The van der Waals surface area contributed by atoms with Gasteiger partial charge in [0.05, 0.1) is 12.3 Å². The number of ether oxygens (including phenoxy) is 4. The molecule has 0 unspecified atom stereocenters. The van der Waals surface area contributed by atoms with Gasteiger partial charge in [-0.1, -0.05) is 41.6 Å². The number of carbonyl (C=O) groups is 2. The Balaban J connectivity index is 2.11. The zero-order chi connectivity index (χ0) is 29.8. The summed E-state index contributed by atoms with van der Waals surface area (Å²) in [4.78, 5) is 28.7. The number of amides is 2. The Bertz CT molecular complexity index is 1140. The van der Waals surface area contributed by atoms with Crippen molar-refractivity contribution in [3.8, 4) is 11.3 Å². The lowest BCUT2D eigenvalue weighted by atomic mass is 10.1. The van der Waals surface area contributed by atoms with Crippen molar-refractivity contribution in [2.24, 2.45) is 0 Å². The lowest BCUT2D eigenvalue weighted by Crippen LogP contribution is -2.29. The van der Waals surface area contributed by atoms with Gasteiger partial charge < -0.3 is 23.5 Å². The molecule has 2 aromatic rings. The number of hydrogen-bond donors (Lipinski definition) is 2. The molecule has 0 spiro atoms. The molecule has 1 aromatic heterocycles. The Labute approximate surface area is 246 Å². The first-order chi connectivity index (χ1) is 18.8. The number of alkyl carbamates (subject to hydrolysis) is 1. The van der Waals surface area contributed by atoms with E-state index in [1.807, 2.05) is 43.7 Å². The van der Waals surface area contributed by atoms with Crippen molar-refractivity contribution in [3.63, 3.8) is 0 Å². The van der Waals surface area contributed by atoms with Crippen molar-refractivity contribution < 1.29 is 28.5 Å². The predicted molar refractivity (Wildman–Crippen MR) is 163 cm³/mol. The van der Waals surface area contributed by atoms with Crippen molar-refractivity contribution in [3.05, 3.63) is 47.0 Å². The van der Waals surface area contributed by atoms with E-state index in [0.29, 0.717) is 38.5 Å². The van der Waals surface area contributed by atoms with E-state index in [9.17, 15) is 9.59 Å². The first-order valence-corrected chi connectivity index (χ1v) is 17.8. The number of benzene rings is 1. The number of halogens is 1. The highest BCUT2D eigenvalue weighted by Gasteiger charge is 2.16. The summed E-state index contributed by atoms with van der Waals surface area (Å²) in [6.45, 7) is 14.0. The molecule has 2 rings (SSSR count). The van der Waals surface area contributed by atoms with Gasteiger partial charge in [0.1, 0.15) is 24.8 Å². The third kappa shape index (κ3) is 13.1. The molecule has 0 atom stereocenters. The van der Waals surface area contributed by atoms with Crippen molar-refractivity contribution in [2.75, 3.05) is 32.2 Å². The Morgan fingerprint density at radius 1 is 1.12 bits per heavy atom. The molecule has 0 aliphatic carbocycles. The van der Waals surface area contributed by atoms with Crippen LogP contribution in [0.4, 0.5) is 15.3 Å². The second kappa shape index (κ2) is 15.9. The number of carbonyl (C=O) groups excluding carboxylic acids is 2. The fraction of sp³-hybridized carbons (Fsp3) is 0.536. The number of nitrogens with zero attached hydrogens (tertiary/aromatic N) is 2. The second-order valence-electron chi connectivity index (χ2n) is 11.4. The minimum absolute atomic E-state index is 0.175.